The molecule has 2 aliphatic heterocycles. The Morgan fingerprint density at radius 1 is 0.911 bits per heavy atom. The molecule has 0 saturated carbocycles. The Balaban J connectivity index is 1.07. The summed E-state index contributed by atoms with van der Waals surface area (Å²) in [7, 11) is 0. The van der Waals surface area contributed by atoms with Gasteiger partial charge in [-0.15, -0.1) is 13.2 Å². The third-order valence-electron chi connectivity index (χ3n) is 8.24. The second-order valence-corrected chi connectivity index (χ2v) is 11.5. The van der Waals surface area contributed by atoms with Gasteiger partial charge in [-0.1, -0.05) is 42.0 Å². The van der Waals surface area contributed by atoms with Crippen molar-refractivity contribution in [2.75, 3.05) is 26.2 Å². The van der Waals surface area contributed by atoms with Crippen LogP contribution < -0.4 is 10.1 Å². The van der Waals surface area contributed by atoms with Crippen molar-refractivity contribution in [1.82, 2.24) is 20.1 Å². The summed E-state index contributed by atoms with van der Waals surface area (Å²) in [6.45, 7) is 3.70. The van der Waals surface area contributed by atoms with Gasteiger partial charge in [-0.2, -0.15) is 0 Å². The molecular formula is C33H34F4N4O4. The maximum atomic E-state index is 15.0. The van der Waals surface area contributed by atoms with Crippen LogP contribution in [-0.4, -0.2) is 77.1 Å². The van der Waals surface area contributed by atoms with Crippen molar-refractivity contribution < 1.29 is 36.7 Å². The second kappa shape index (κ2) is 13.8. The minimum atomic E-state index is -4.77. The minimum Gasteiger partial charge on any atom is -0.406 e. The topological polar surface area (TPSA) is 91.8 Å². The van der Waals surface area contributed by atoms with Crippen LogP contribution in [0.25, 0.3) is 0 Å². The van der Waals surface area contributed by atoms with Crippen molar-refractivity contribution in [1.29, 1.82) is 0 Å². The number of rotatable bonds is 8. The molecule has 2 saturated heterocycles. The van der Waals surface area contributed by atoms with E-state index in [4.69, 9.17) is 0 Å². The van der Waals surface area contributed by atoms with Crippen LogP contribution in [0.2, 0.25) is 0 Å². The third kappa shape index (κ3) is 8.44. The first-order valence-electron chi connectivity index (χ1n) is 14.8. The van der Waals surface area contributed by atoms with Gasteiger partial charge in [0.1, 0.15) is 17.6 Å². The van der Waals surface area contributed by atoms with Gasteiger partial charge in [-0.25, -0.2) is 4.39 Å². The number of carbonyl (C=O) groups is 3. The number of alkyl halides is 4. The molecule has 238 valence electrons. The highest BCUT2D eigenvalue weighted by atomic mass is 19.4. The molecule has 0 radical (unpaired) electrons. The number of ether oxygens (including phenoxy) is 1. The van der Waals surface area contributed by atoms with E-state index in [1.165, 1.54) is 42.6 Å². The highest BCUT2D eigenvalue weighted by Gasteiger charge is 2.33. The molecule has 2 atom stereocenters. The normalized spacial score (nSPS) is 19.6. The van der Waals surface area contributed by atoms with E-state index in [1.807, 2.05) is 36.1 Å². The molecule has 2 fully saturated rings. The minimum absolute atomic E-state index is 0.0416. The van der Waals surface area contributed by atoms with E-state index >= 15 is 0 Å². The summed E-state index contributed by atoms with van der Waals surface area (Å²) in [5.41, 5.74) is 2.86. The lowest BCUT2D eigenvalue weighted by molar-refractivity contribution is -0.274. The van der Waals surface area contributed by atoms with Crippen LogP contribution in [0, 0.1) is 12.8 Å². The Kier molecular flexibility index (Phi) is 9.81. The average molecular weight is 627 g/mol. The number of aromatic nitrogens is 1. The van der Waals surface area contributed by atoms with Crippen molar-refractivity contribution in [3.8, 4) is 5.75 Å². The Morgan fingerprint density at radius 3 is 2.18 bits per heavy atom. The Morgan fingerprint density at radius 2 is 1.58 bits per heavy atom. The van der Waals surface area contributed by atoms with Crippen LogP contribution in [-0.2, 0) is 6.54 Å². The molecule has 3 heterocycles. The molecule has 0 aliphatic carbocycles. The molecule has 5 rings (SSSR count). The number of likely N-dealkylation sites (tertiary alicyclic amines) is 2. The molecule has 3 aromatic rings. The number of halogens is 4. The van der Waals surface area contributed by atoms with Gasteiger partial charge in [0.05, 0.1) is 11.6 Å². The number of amides is 2. The van der Waals surface area contributed by atoms with Gasteiger partial charge in [0.2, 0.25) is 0 Å². The average Bonchev–Trinajstić information content (AvgIpc) is 3.02. The summed E-state index contributed by atoms with van der Waals surface area (Å²) in [4.78, 5) is 46.4. The van der Waals surface area contributed by atoms with E-state index < -0.39 is 24.5 Å². The van der Waals surface area contributed by atoms with Crippen LogP contribution in [0.3, 0.4) is 0 Å². The molecule has 1 N–H and O–H groups in total. The predicted molar refractivity (Wildman–Crippen MR) is 158 cm³/mol. The number of nitrogens with one attached hydrogen (secondary N) is 1. The number of hydrogen-bond acceptors (Lipinski definition) is 6. The predicted octanol–water partition coefficient (Wildman–Crippen LogP) is 5.37. The van der Waals surface area contributed by atoms with Crippen LogP contribution >= 0.6 is 0 Å². The van der Waals surface area contributed by atoms with E-state index in [0.29, 0.717) is 62.1 Å². The maximum Gasteiger partial charge on any atom is 0.573 e. The van der Waals surface area contributed by atoms with Gasteiger partial charge in [-0.05, 0) is 56.0 Å². The first kappa shape index (κ1) is 32.1. The zero-order chi connectivity index (χ0) is 32.1. The van der Waals surface area contributed by atoms with Gasteiger partial charge in [0.25, 0.3) is 11.8 Å². The standard InChI is InChI=1S/C33H34F4N4O4/c1-21-2-6-23(7-3-21)30(42)24-12-16-41(17-13-24)32(44)25-8-11-29(38-18-25)31(43)39-28-14-15-40(20-27(28)34)19-22-4-9-26(10-5-22)45-33(35,36)37/h2-11,18,24,27-28H,12-17,19-20H2,1H3,(H,39,43)/t27-,28-/m1/s1. The highest BCUT2D eigenvalue weighted by Crippen LogP contribution is 2.25. The van der Waals surface area contributed by atoms with E-state index in [2.05, 4.69) is 15.0 Å². The molecule has 0 unspecified atom stereocenters. The van der Waals surface area contributed by atoms with Gasteiger partial charge in [0, 0.05) is 50.4 Å². The van der Waals surface area contributed by atoms with Crippen molar-refractivity contribution in [2.24, 2.45) is 5.92 Å². The van der Waals surface area contributed by atoms with E-state index in [1.54, 1.807) is 4.90 Å². The molecule has 1 aromatic heterocycles. The SMILES string of the molecule is Cc1ccc(C(=O)C2CCN(C(=O)c3ccc(C(=O)N[C@@H]4CCN(Cc5ccc(OC(F)(F)F)cc5)C[C@H]4F)nc3)CC2)cc1. The lowest BCUT2D eigenvalue weighted by atomic mass is 9.88. The number of pyridine rings is 1. The largest absolute Gasteiger partial charge is 0.573 e. The van der Waals surface area contributed by atoms with Gasteiger partial charge >= 0.3 is 6.36 Å². The zero-order valence-corrected chi connectivity index (χ0v) is 24.7. The molecule has 8 nitrogen and oxygen atoms in total. The first-order chi connectivity index (χ1) is 21.4. The fourth-order valence-corrected chi connectivity index (χ4v) is 5.71. The Bertz CT molecular complexity index is 1490. The molecule has 2 aliphatic rings. The lowest BCUT2D eigenvalue weighted by Crippen LogP contribution is -2.52. The Labute approximate surface area is 258 Å². The summed E-state index contributed by atoms with van der Waals surface area (Å²) in [6.07, 6.45) is -3.33. The third-order valence-corrected chi connectivity index (χ3v) is 8.24. The number of piperidine rings is 2. The van der Waals surface area contributed by atoms with Crippen LogP contribution in [0.4, 0.5) is 17.6 Å². The van der Waals surface area contributed by atoms with Gasteiger partial charge < -0.3 is 15.0 Å². The molecule has 12 heteroatoms. The highest BCUT2D eigenvalue weighted by molar-refractivity contribution is 5.99. The van der Waals surface area contributed by atoms with Gasteiger partial charge in [0.15, 0.2) is 5.78 Å². The van der Waals surface area contributed by atoms with E-state index in [0.717, 1.165) is 5.56 Å². The lowest BCUT2D eigenvalue weighted by Gasteiger charge is -2.35. The van der Waals surface area contributed by atoms with Gasteiger partial charge in [-0.3, -0.25) is 24.3 Å². The summed E-state index contributed by atoms with van der Waals surface area (Å²) < 4.78 is 56.0. The number of benzene rings is 2. The van der Waals surface area contributed by atoms with Crippen molar-refractivity contribution in [3.63, 3.8) is 0 Å². The van der Waals surface area contributed by atoms with Crippen LogP contribution in [0.1, 0.15) is 61.6 Å². The molecular weight excluding hydrogens is 592 g/mol. The smallest absolute Gasteiger partial charge is 0.406 e. The number of Topliss-reactive ketones (excluding diaryl/α,β-unsaturated/α-hetero) is 1. The van der Waals surface area contributed by atoms with Crippen molar-refractivity contribution in [3.05, 3.63) is 94.8 Å². The monoisotopic (exact) mass is 626 g/mol. The molecule has 0 bridgehead atoms. The Hall–Kier alpha value is -4.32. The summed E-state index contributed by atoms with van der Waals surface area (Å²) in [6, 6.07) is 15.1. The van der Waals surface area contributed by atoms with Crippen LogP contribution in [0.15, 0.2) is 66.9 Å². The summed E-state index contributed by atoms with van der Waals surface area (Å²) in [5.74, 6) is -1.15. The number of carbonyl (C=O) groups excluding carboxylic acids is 3. The fraction of sp³-hybridized carbons (Fsp3) is 0.394. The summed E-state index contributed by atoms with van der Waals surface area (Å²) >= 11 is 0. The van der Waals surface area contributed by atoms with E-state index in [-0.39, 0.29) is 35.6 Å². The van der Waals surface area contributed by atoms with E-state index in [9.17, 15) is 31.9 Å². The number of ketones is 1. The van der Waals surface area contributed by atoms with Crippen molar-refractivity contribution in [2.45, 2.75) is 51.3 Å². The maximum absolute atomic E-state index is 15.0. The summed E-state index contributed by atoms with van der Waals surface area (Å²) in [5, 5.41) is 2.69. The molecule has 2 amide bonds. The molecule has 45 heavy (non-hydrogen) atoms. The molecule has 0 spiro atoms. The zero-order valence-electron chi connectivity index (χ0n) is 24.7. The number of aryl methyl sites for hydroxylation is 1. The number of nitrogens with zero attached hydrogens (tertiary/aromatic N) is 3. The molecule has 2 aromatic carbocycles. The second-order valence-electron chi connectivity index (χ2n) is 11.5. The quantitative estimate of drug-likeness (QED) is 0.267. The van der Waals surface area contributed by atoms with Crippen LogP contribution in [0.5, 0.6) is 5.75 Å². The first-order valence-corrected chi connectivity index (χ1v) is 14.8. The fourth-order valence-electron chi connectivity index (χ4n) is 5.71. The number of hydrogen-bond donors (Lipinski definition) is 1. The van der Waals surface area contributed by atoms with Crippen molar-refractivity contribution >= 4 is 17.6 Å².